The van der Waals surface area contributed by atoms with Crippen LogP contribution in [0.5, 0.6) is 5.75 Å². The maximum atomic E-state index is 11.1. The lowest BCUT2D eigenvalue weighted by Gasteiger charge is -2.23. The Balaban J connectivity index is 0.000000616. The molecule has 220 valence electrons. The number of benzene rings is 4. The Labute approximate surface area is 242 Å². The van der Waals surface area contributed by atoms with E-state index in [0.29, 0.717) is 5.56 Å². The van der Waals surface area contributed by atoms with Gasteiger partial charge in [0.15, 0.2) is 0 Å². The van der Waals surface area contributed by atoms with Crippen molar-refractivity contribution >= 4 is 11.9 Å². The predicted octanol–water partition coefficient (Wildman–Crippen LogP) is 7.33. The summed E-state index contributed by atoms with van der Waals surface area (Å²) < 4.78 is 37.0. The summed E-state index contributed by atoms with van der Waals surface area (Å²) in [6, 6.07) is 34.5. The molecule has 4 aromatic rings. The van der Waals surface area contributed by atoms with E-state index < -0.39 is 18.1 Å². The van der Waals surface area contributed by atoms with E-state index >= 15 is 0 Å². The number of methoxy groups -OCH3 is 1. The monoisotopic (exact) mass is 579 g/mol. The molecule has 2 N–H and O–H groups in total. The van der Waals surface area contributed by atoms with Crippen LogP contribution in [0.15, 0.2) is 103 Å². The molecule has 0 atom stereocenters. The molecule has 0 amide bonds. The van der Waals surface area contributed by atoms with Crippen LogP contribution in [0.2, 0.25) is 0 Å². The zero-order valence-corrected chi connectivity index (χ0v) is 23.1. The summed E-state index contributed by atoms with van der Waals surface area (Å²) in [6.07, 6.45) is -2.93. The Morgan fingerprint density at radius 1 is 0.714 bits per heavy atom. The normalized spacial score (nSPS) is 11.0. The molecule has 0 aliphatic carbocycles. The zero-order valence-electron chi connectivity index (χ0n) is 23.1. The van der Waals surface area contributed by atoms with Crippen LogP contribution in [0.3, 0.4) is 0 Å². The van der Waals surface area contributed by atoms with E-state index in [2.05, 4.69) is 71.6 Å². The van der Waals surface area contributed by atoms with Crippen molar-refractivity contribution in [2.24, 2.45) is 0 Å². The smallest absolute Gasteiger partial charge is 0.490 e. The summed E-state index contributed by atoms with van der Waals surface area (Å²) in [5.74, 6) is -2.79. The Hall–Kier alpha value is -4.63. The lowest BCUT2D eigenvalue weighted by atomic mass is 10.0. The van der Waals surface area contributed by atoms with Gasteiger partial charge in [-0.2, -0.15) is 13.2 Å². The highest BCUT2D eigenvalue weighted by Gasteiger charge is 2.38. The van der Waals surface area contributed by atoms with Gasteiger partial charge in [-0.15, -0.1) is 0 Å². The molecule has 0 saturated heterocycles. The number of carboxylic acids is 2. The standard InChI is InChI=1S/C31H31NO3.C2HF3O2/c1-35-30-19-11-26(12-20-30)23-32(21-5-8-24-6-3-2-4-7-24)22-25-9-13-27(14-10-25)28-15-17-29(18-16-28)31(33)34;3-2(4,5)1(6)7/h2-4,6-7,9-20H,5,8,21-23H2,1H3,(H,33,34);(H,6,7). The van der Waals surface area contributed by atoms with Crippen LogP contribution in [0, 0.1) is 0 Å². The van der Waals surface area contributed by atoms with Crippen LogP contribution >= 0.6 is 0 Å². The molecule has 0 spiro atoms. The SMILES string of the molecule is COc1ccc(CN(CCCc2ccccc2)Cc2ccc(-c3ccc(C(=O)O)cc3)cc2)cc1.O=C(O)C(F)(F)F. The molecule has 6 nitrogen and oxygen atoms in total. The second-order valence-corrected chi connectivity index (χ2v) is 9.53. The summed E-state index contributed by atoms with van der Waals surface area (Å²) in [7, 11) is 1.69. The van der Waals surface area contributed by atoms with Gasteiger partial charge in [-0.1, -0.05) is 78.9 Å². The number of alkyl halides is 3. The highest BCUT2D eigenvalue weighted by Crippen LogP contribution is 2.22. The number of carbonyl (C=O) groups is 2. The third-order valence-electron chi connectivity index (χ3n) is 6.42. The Morgan fingerprint density at radius 2 is 1.19 bits per heavy atom. The van der Waals surface area contributed by atoms with Gasteiger partial charge < -0.3 is 14.9 Å². The maximum Gasteiger partial charge on any atom is 0.490 e. The Morgan fingerprint density at radius 3 is 1.64 bits per heavy atom. The first kappa shape index (κ1) is 31.9. The number of aliphatic carboxylic acids is 1. The first-order valence-corrected chi connectivity index (χ1v) is 13.2. The van der Waals surface area contributed by atoms with Crippen molar-refractivity contribution in [1.82, 2.24) is 4.90 Å². The average Bonchev–Trinajstić information content (AvgIpc) is 2.98. The predicted molar refractivity (Wildman–Crippen MR) is 154 cm³/mol. The van der Waals surface area contributed by atoms with E-state index in [-0.39, 0.29) is 0 Å². The second-order valence-electron chi connectivity index (χ2n) is 9.53. The third-order valence-corrected chi connectivity index (χ3v) is 6.42. The molecule has 9 heteroatoms. The minimum absolute atomic E-state index is 0.301. The minimum atomic E-state index is -5.08. The zero-order chi connectivity index (χ0) is 30.5. The first-order chi connectivity index (χ1) is 20.0. The number of aryl methyl sites for hydroxylation is 1. The molecule has 0 fully saturated rings. The van der Waals surface area contributed by atoms with Crippen molar-refractivity contribution in [2.75, 3.05) is 13.7 Å². The van der Waals surface area contributed by atoms with Gasteiger partial charge in [-0.3, -0.25) is 4.90 Å². The number of carboxylic acid groups (broad SMARTS) is 2. The van der Waals surface area contributed by atoms with Crippen molar-refractivity contribution in [3.63, 3.8) is 0 Å². The fourth-order valence-corrected chi connectivity index (χ4v) is 4.22. The van der Waals surface area contributed by atoms with Gasteiger partial charge in [0.2, 0.25) is 0 Å². The summed E-state index contributed by atoms with van der Waals surface area (Å²) in [6.45, 7) is 2.73. The Bertz CT molecular complexity index is 1410. The molecule has 4 aromatic carbocycles. The van der Waals surface area contributed by atoms with E-state index in [4.69, 9.17) is 19.7 Å². The number of nitrogens with zero attached hydrogens (tertiary/aromatic N) is 1. The topological polar surface area (TPSA) is 87.1 Å². The quantitative estimate of drug-likeness (QED) is 0.194. The van der Waals surface area contributed by atoms with Gasteiger partial charge >= 0.3 is 18.1 Å². The average molecular weight is 580 g/mol. The van der Waals surface area contributed by atoms with Gasteiger partial charge in [0, 0.05) is 13.1 Å². The van der Waals surface area contributed by atoms with Crippen LogP contribution in [-0.4, -0.2) is 46.9 Å². The van der Waals surface area contributed by atoms with Crippen LogP contribution in [0.4, 0.5) is 13.2 Å². The van der Waals surface area contributed by atoms with E-state index in [9.17, 15) is 18.0 Å². The van der Waals surface area contributed by atoms with Crippen LogP contribution in [-0.2, 0) is 24.3 Å². The molecule has 0 saturated carbocycles. The number of rotatable bonds is 11. The molecule has 0 heterocycles. The molecule has 42 heavy (non-hydrogen) atoms. The first-order valence-electron chi connectivity index (χ1n) is 13.2. The Kier molecular flexibility index (Phi) is 11.7. The maximum absolute atomic E-state index is 11.1. The van der Waals surface area contributed by atoms with Crippen LogP contribution < -0.4 is 4.74 Å². The molecule has 0 bridgehead atoms. The van der Waals surface area contributed by atoms with Gasteiger partial charge in [0.25, 0.3) is 0 Å². The summed E-state index contributed by atoms with van der Waals surface area (Å²) in [5, 5.41) is 16.2. The van der Waals surface area contributed by atoms with Gasteiger partial charge in [0.1, 0.15) is 5.75 Å². The fourth-order valence-electron chi connectivity index (χ4n) is 4.22. The summed E-state index contributed by atoms with van der Waals surface area (Å²) >= 11 is 0. The van der Waals surface area contributed by atoms with Gasteiger partial charge in [-0.05, 0) is 71.5 Å². The van der Waals surface area contributed by atoms with E-state index in [1.54, 1.807) is 19.2 Å². The molecule has 0 radical (unpaired) electrons. The van der Waals surface area contributed by atoms with E-state index in [1.165, 1.54) is 16.7 Å². The van der Waals surface area contributed by atoms with Crippen molar-refractivity contribution in [3.8, 4) is 16.9 Å². The lowest BCUT2D eigenvalue weighted by molar-refractivity contribution is -0.192. The van der Waals surface area contributed by atoms with E-state index in [0.717, 1.165) is 49.4 Å². The van der Waals surface area contributed by atoms with Crippen LogP contribution in [0.25, 0.3) is 11.1 Å². The van der Waals surface area contributed by atoms with Crippen molar-refractivity contribution < 1.29 is 37.7 Å². The van der Waals surface area contributed by atoms with Gasteiger partial charge in [0.05, 0.1) is 12.7 Å². The van der Waals surface area contributed by atoms with Gasteiger partial charge in [-0.25, -0.2) is 9.59 Å². The molecule has 0 aromatic heterocycles. The largest absolute Gasteiger partial charge is 0.497 e. The highest BCUT2D eigenvalue weighted by atomic mass is 19.4. The molecular weight excluding hydrogens is 547 g/mol. The molecule has 4 rings (SSSR count). The fraction of sp³-hybridized carbons (Fsp3) is 0.212. The minimum Gasteiger partial charge on any atom is -0.497 e. The van der Waals surface area contributed by atoms with E-state index in [1.807, 2.05) is 24.3 Å². The highest BCUT2D eigenvalue weighted by molar-refractivity contribution is 5.88. The van der Waals surface area contributed by atoms with Crippen molar-refractivity contribution in [1.29, 1.82) is 0 Å². The number of hydrogen-bond donors (Lipinski definition) is 2. The van der Waals surface area contributed by atoms with Crippen molar-refractivity contribution in [2.45, 2.75) is 32.1 Å². The summed E-state index contributed by atoms with van der Waals surface area (Å²) in [4.78, 5) is 22.5. The number of ether oxygens (including phenoxy) is 1. The second kappa shape index (κ2) is 15.4. The summed E-state index contributed by atoms with van der Waals surface area (Å²) in [5.41, 5.74) is 6.28. The molecule has 0 aliphatic rings. The molecular formula is C33H32F3NO5. The van der Waals surface area contributed by atoms with Crippen molar-refractivity contribution in [3.05, 3.63) is 125 Å². The van der Waals surface area contributed by atoms with Crippen LogP contribution in [0.1, 0.15) is 33.5 Å². The molecule has 0 unspecified atom stereocenters. The lowest BCUT2D eigenvalue weighted by Crippen LogP contribution is -2.24. The number of aromatic carboxylic acids is 1. The molecule has 0 aliphatic heterocycles. The third kappa shape index (κ3) is 10.4. The number of halogens is 3. The number of hydrogen-bond acceptors (Lipinski definition) is 4.